The zero-order chi connectivity index (χ0) is 20.9. The van der Waals surface area contributed by atoms with Gasteiger partial charge in [0.15, 0.2) is 9.84 Å². The molecular weight excluding hydrogens is 408 g/mol. The van der Waals surface area contributed by atoms with Gasteiger partial charge in [0.2, 0.25) is 5.91 Å². The fraction of sp³-hybridized carbons (Fsp3) is 0.476. The van der Waals surface area contributed by atoms with E-state index in [1.54, 1.807) is 18.4 Å². The van der Waals surface area contributed by atoms with Gasteiger partial charge in [-0.3, -0.25) is 9.69 Å². The van der Waals surface area contributed by atoms with E-state index in [2.05, 4.69) is 28.6 Å². The van der Waals surface area contributed by atoms with Gasteiger partial charge in [0.25, 0.3) is 0 Å². The normalized spacial score (nSPS) is 19.2. The first kappa shape index (κ1) is 21.8. The van der Waals surface area contributed by atoms with Crippen molar-refractivity contribution in [1.82, 2.24) is 10.2 Å². The lowest BCUT2D eigenvalue weighted by Crippen LogP contribution is -2.45. The summed E-state index contributed by atoms with van der Waals surface area (Å²) < 4.78 is 28.5. The summed E-state index contributed by atoms with van der Waals surface area (Å²) in [6.45, 7) is 2.98. The van der Waals surface area contributed by atoms with Crippen LogP contribution in [0.25, 0.3) is 0 Å². The second-order valence-corrected chi connectivity index (χ2v) is 10.8. The molecule has 1 aliphatic heterocycles. The molecule has 0 saturated carbocycles. The number of sulfone groups is 1. The Morgan fingerprint density at radius 1 is 1.31 bits per heavy atom. The van der Waals surface area contributed by atoms with Crippen LogP contribution in [0.5, 0.6) is 5.75 Å². The Hall–Kier alpha value is -1.90. The highest BCUT2D eigenvalue weighted by Gasteiger charge is 2.29. The number of ether oxygens (including phenoxy) is 1. The summed E-state index contributed by atoms with van der Waals surface area (Å²) in [5, 5.41) is 4.96. The van der Waals surface area contributed by atoms with Gasteiger partial charge in [0.1, 0.15) is 5.75 Å². The van der Waals surface area contributed by atoms with Crippen molar-refractivity contribution in [3.8, 4) is 5.75 Å². The Balaban J connectivity index is 1.66. The molecule has 158 valence electrons. The first-order valence-corrected chi connectivity index (χ1v) is 12.4. The maximum atomic E-state index is 12.7. The number of hydrogen-bond donors (Lipinski definition) is 1. The highest BCUT2D eigenvalue weighted by molar-refractivity contribution is 7.91. The monoisotopic (exact) mass is 436 g/mol. The summed E-state index contributed by atoms with van der Waals surface area (Å²) in [4.78, 5) is 16.1. The third-order valence-electron chi connectivity index (χ3n) is 5.19. The summed E-state index contributed by atoms with van der Waals surface area (Å²) in [6.07, 6.45) is 1.36. The van der Waals surface area contributed by atoms with Crippen LogP contribution in [0.3, 0.4) is 0 Å². The molecule has 6 nitrogen and oxygen atoms in total. The molecule has 1 N–H and O–H groups in total. The minimum Gasteiger partial charge on any atom is -0.497 e. The van der Waals surface area contributed by atoms with E-state index in [0.29, 0.717) is 13.0 Å². The maximum absolute atomic E-state index is 12.7. The van der Waals surface area contributed by atoms with Gasteiger partial charge in [-0.1, -0.05) is 18.2 Å². The Kier molecular flexibility index (Phi) is 7.32. The molecule has 1 fully saturated rings. The molecule has 1 saturated heterocycles. The molecule has 0 spiro atoms. The van der Waals surface area contributed by atoms with Crippen LogP contribution in [0, 0.1) is 0 Å². The molecule has 2 unspecified atom stereocenters. The molecule has 1 amide bonds. The van der Waals surface area contributed by atoms with E-state index in [4.69, 9.17) is 4.74 Å². The van der Waals surface area contributed by atoms with Gasteiger partial charge in [-0.25, -0.2) is 8.42 Å². The van der Waals surface area contributed by atoms with E-state index in [0.717, 1.165) is 17.7 Å². The Morgan fingerprint density at radius 2 is 2.07 bits per heavy atom. The summed E-state index contributed by atoms with van der Waals surface area (Å²) in [7, 11) is -1.38. The number of rotatable bonds is 9. The number of thiophene rings is 1. The van der Waals surface area contributed by atoms with Gasteiger partial charge < -0.3 is 10.1 Å². The number of methoxy groups -OCH3 is 1. The van der Waals surface area contributed by atoms with Crippen LogP contribution in [0.4, 0.5) is 0 Å². The molecule has 1 aromatic carbocycles. The highest BCUT2D eigenvalue weighted by atomic mass is 32.2. The molecular formula is C21H28N2O4S2. The maximum Gasteiger partial charge on any atom is 0.234 e. The first-order valence-electron chi connectivity index (χ1n) is 9.74. The van der Waals surface area contributed by atoms with Crippen LogP contribution in [0.1, 0.15) is 23.8 Å². The molecule has 0 radical (unpaired) electrons. The second kappa shape index (κ2) is 9.73. The van der Waals surface area contributed by atoms with Crippen molar-refractivity contribution in [2.45, 2.75) is 38.4 Å². The van der Waals surface area contributed by atoms with Crippen molar-refractivity contribution in [2.24, 2.45) is 0 Å². The van der Waals surface area contributed by atoms with E-state index >= 15 is 0 Å². The van der Waals surface area contributed by atoms with Crippen molar-refractivity contribution in [2.75, 3.05) is 25.2 Å². The van der Waals surface area contributed by atoms with Crippen LogP contribution in [0.15, 0.2) is 41.8 Å². The molecule has 1 aromatic heterocycles. The van der Waals surface area contributed by atoms with Gasteiger partial charge in [-0.2, -0.15) is 0 Å². The van der Waals surface area contributed by atoms with Crippen LogP contribution in [0.2, 0.25) is 0 Å². The van der Waals surface area contributed by atoms with Crippen molar-refractivity contribution in [3.63, 3.8) is 0 Å². The molecule has 3 rings (SSSR count). The average molecular weight is 437 g/mol. The predicted octanol–water partition coefficient (Wildman–Crippen LogP) is 2.49. The van der Waals surface area contributed by atoms with Crippen molar-refractivity contribution in [1.29, 1.82) is 0 Å². The molecule has 29 heavy (non-hydrogen) atoms. The van der Waals surface area contributed by atoms with Crippen LogP contribution in [-0.2, 0) is 27.6 Å². The lowest BCUT2D eigenvalue weighted by molar-refractivity contribution is -0.123. The predicted molar refractivity (Wildman–Crippen MR) is 116 cm³/mol. The smallest absolute Gasteiger partial charge is 0.234 e. The van der Waals surface area contributed by atoms with Gasteiger partial charge in [-0.15, -0.1) is 11.3 Å². The highest BCUT2D eigenvalue weighted by Crippen LogP contribution is 2.18. The average Bonchev–Trinajstić information content (AvgIpc) is 3.30. The second-order valence-electron chi connectivity index (χ2n) is 7.55. The van der Waals surface area contributed by atoms with E-state index < -0.39 is 9.84 Å². The van der Waals surface area contributed by atoms with Gasteiger partial charge in [0, 0.05) is 23.5 Å². The fourth-order valence-corrected chi connectivity index (χ4v) is 6.05. The minimum absolute atomic E-state index is 0.0436. The standard InChI is InChI=1S/C21H28N2O4S2/c1-16(12-20-4-3-10-28-20)23(13-17-5-7-19(27-2)8-6-17)14-21(24)22-18-9-11-29(25,26)15-18/h3-8,10,16,18H,9,11-15H2,1-2H3,(H,22,24). The molecule has 0 aliphatic carbocycles. The molecule has 2 atom stereocenters. The number of nitrogens with one attached hydrogen (secondary N) is 1. The summed E-state index contributed by atoms with van der Waals surface area (Å²) >= 11 is 1.71. The fourth-order valence-electron chi connectivity index (χ4n) is 3.55. The third-order valence-corrected chi connectivity index (χ3v) is 7.86. The van der Waals surface area contributed by atoms with Crippen LogP contribution < -0.4 is 10.1 Å². The topological polar surface area (TPSA) is 75.7 Å². The molecule has 1 aliphatic rings. The van der Waals surface area contributed by atoms with E-state index in [9.17, 15) is 13.2 Å². The minimum atomic E-state index is -3.01. The quantitative estimate of drug-likeness (QED) is 0.654. The first-order chi connectivity index (χ1) is 13.8. The molecule has 0 bridgehead atoms. The molecule has 2 heterocycles. The van der Waals surface area contributed by atoms with Crippen molar-refractivity contribution < 1.29 is 17.9 Å². The zero-order valence-corrected chi connectivity index (χ0v) is 18.5. The summed E-state index contributed by atoms with van der Waals surface area (Å²) in [5.41, 5.74) is 1.10. The summed E-state index contributed by atoms with van der Waals surface area (Å²) in [5.74, 6) is 0.871. The van der Waals surface area contributed by atoms with Gasteiger partial charge in [-0.05, 0) is 48.9 Å². The lowest BCUT2D eigenvalue weighted by Gasteiger charge is -2.29. The number of nitrogens with zero attached hydrogens (tertiary/aromatic N) is 1. The number of amides is 1. The van der Waals surface area contributed by atoms with Crippen molar-refractivity contribution in [3.05, 3.63) is 52.2 Å². The van der Waals surface area contributed by atoms with E-state index in [-0.39, 0.29) is 36.0 Å². The molecule has 8 heteroatoms. The third kappa shape index (κ3) is 6.55. The number of benzene rings is 1. The number of carbonyl (C=O) groups excluding carboxylic acids is 1. The largest absolute Gasteiger partial charge is 0.497 e. The Bertz CT molecular complexity index is 895. The van der Waals surface area contributed by atoms with Gasteiger partial charge >= 0.3 is 0 Å². The van der Waals surface area contributed by atoms with Crippen LogP contribution in [-0.4, -0.2) is 56.5 Å². The van der Waals surface area contributed by atoms with Gasteiger partial charge in [0.05, 0.1) is 25.2 Å². The summed E-state index contributed by atoms with van der Waals surface area (Å²) in [6, 6.07) is 11.9. The molecule has 2 aromatic rings. The van der Waals surface area contributed by atoms with Crippen molar-refractivity contribution >= 4 is 27.1 Å². The van der Waals surface area contributed by atoms with E-state index in [1.807, 2.05) is 30.3 Å². The Morgan fingerprint density at radius 3 is 2.66 bits per heavy atom. The number of carbonyl (C=O) groups is 1. The lowest BCUT2D eigenvalue weighted by atomic mass is 10.1. The Labute approximate surface area is 176 Å². The SMILES string of the molecule is COc1ccc(CN(CC(=O)NC2CCS(=O)(=O)C2)C(C)Cc2cccs2)cc1. The van der Waals surface area contributed by atoms with E-state index in [1.165, 1.54) is 4.88 Å². The van der Waals surface area contributed by atoms with Crippen LogP contribution >= 0.6 is 11.3 Å². The zero-order valence-electron chi connectivity index (χ0n) is 16.8. The number of hydrogen-bond acceptors (Lipinski definition) is 6.